The minimum absolute atomic E-state index is 0.0527. The van der Waals surface area contributed by atoms with Gasteiger partial charge in [-0.3, -0.25) is 0 Å². The van der Waals surface area contributed by atoms with Crippen molar-refractivity contribution in [3.8, 4) is 0 Å². The minimum Gasteiger partial charge on any atom is -0.467 e. The van der Waals surface area contributed by atoms with E-state index in [9.17, 15) is 0 Å². The molecule has 1 unspecified atom stereocenters. The Labute approximate surface area is 131 Å². The molecular weight excluding hydrogens is 276 g/mol. The maximum Gasteiger partial charge on any atom is 0.201 e. The van der Waals surface area contributed by atoms with Crippen LogP contribution in [0.5, 0.6) is 0 Å². The summed E-state index contributed by atoms with van der Waals surface area (Å²) in [6.45, 7) is 17.8. The Kier molecular flexibility index (Phi) is 6.95. The van der Waals surface area contributed by atoms with Gasteiger partial charge in [0.25, 0.3) is 0 Å². The van der Waals surface area contributed by atoms with Crippen LogP contribution in [0.1, 0.15) is 66.2 Å². The Balaban J connectivity index is 3.09. The summed E-state index contributed by atoms with van der Waals surface area (Å²) in [7, 11) is -1.89. The van der Waals surface area contributed by atoms with Gasteiger partial charge in [-0.05, 0) is 41.6 Å². The van der Waals surface area contributed by atoms with Gasteiger partial charge >= 0.3 is 0 Å². The third-order valence-corrected chi connectivity index (χ3v) is 10.7. The minimum atomic E-state index is -1.89. The molecule has 0 fully saturated rings. The molecule has 0 N–H and O–H groups in total. The van der Waals surface area contributed by atoms with E-state index in [0.717, 1.165) is 18.6 Å². The summed E-state index contributed by atoms with van der Waals surface area (Å²) in [5.74, 6) is 0.954. The highest BCUT2D eigenvalue weighted by Crippen LogP contribution is 2.45. The molecule has 0 aliphatic carbocycles. The van der Waals surface area contributed by atoms with E-state index in [1.807, 2.05) is 18.2 Å². The second kappa shape index (κ2) is 8.00. The van der Waals surface area contributed by atoms with Crippen LogP contribution in [0.25, 0.3) is 0 Å². The highest BCUT2D eigenvalue weighted by molar-refractivity contribution is 6.77. The molecule has 120 valence electrons. The lowest BCUT2D eigenvalue weighted by molar-refractivity contribution is 0.142. The van der Waals surface area contributed by atoms with Crippen LogP contribution in [0.15, 0.2) is 35.5 Å². The van der Waals surface area contributed by atoms with E-state index in [2.05, 4.69) is 48.1 Å². The summed E-state index contributed by atoms with van der Waals surface area (Å²) in [5.41, 5.74) is 1.75. The van der Waals surface area contributed by atoms with Crippen molar-refractivity contribution in [1.82, 2.24) is 0 Å². The number of hydrogen-bond donors (Lipinski definition) is 0. The predicted octanol–water partition coefficient (Wildman–Crippen LogP) is 6.48. The van der Waals surface area contributed by atoms with Gasteiger partial charge in [0.05, 0.1) is 6.26 Å². The Hall–Kier alpha value is -0.803. The van der Waals surface area contributed by atoms with Crippen molar-refractivity contribution >= 4 is 8.32 Å². The first-order valence-corrected chi connectivity index (χ1v) is 10.3. The number of furan rings is 1. The molecule has 0 spiro atoms. The van der Waals surface area contributed by atoms with Crippen molar-refractivity contribution in [3.63, 3.8) is 0 Å². The molecule has 1 rings (SSSR count). The zero-order chi connectivity index (χ0) is 16.0. The third kappa shape index (κ3) is 4.10. The summed E-state index contributed by atoms with van der Waals surface area (Å²) < 4.78 is 12.5. The van der Waals surface area contributed by atoms with Crippen LogP contribution >= 0.6 is 0 Å². The van der Waals surface area contributed by atoms with Gasteiger partial charge in [0.15, 0.2) is 0 Å². The van der Waals surface area contributed by atoms with E-state index in [1.165, 1.54) is 0 Å². The molecule has 1 heterocycles. The smallest absolute Gasteiger partial charge is 0.201 e. The van der Waals surface area contributed by atoms with E-state index in [-0.39, 0.29) is 6.10 Å². The predicted molar refractivity (Wildman–Crippen MR) is 93.0 cm³/mol. The van der Waals surface area contributed by atoms with Crippen LogP contribution in [0.4, 0.5) is 0 Å². The average molecular weight is 309 g/mol. The Morgan fingerprint density at radius 3 is 2.10 bits per heavy atom. The maximum absolute atomic E-state index is 6.87. The van der Waals surface area contributed by atoms with Crippen molar-refractivity contribution in [2.75, 3.05) is 0 Å². The summed E-state index contributed by atoms with van der Waals surface area (Å²) >= 11 is 0. The van der Waals surface area contributed by atoms with Gasteiger partial charge < -0.3 is 8.84 Å². The van der Waals surface area contributed by atoms with Crippen LogP contribution in [0.2, 0.25) is 16.6 Å². The molecule has 0 radical (unpaired) electrons. The first-order chi connectivity index (χ1) is 9.86. The van der Waals surface area contributed by atoms with Crippen molar-refractivity contribution in [2.45, 2.75) is 77.1 Å². The maximum atomic E-state index is 6.87. The van der Waals surface area contributed by atoms with E-state index in [0.29, 0.717) is 16.6 Å². The molecule has 0 saturated heterocycles. The van der Waals surface area contributed by atoms with Crippen molar-refractivity contribution in [3.05, 3.63) is 36.8 Å². The molecular formula is C18H32O2Si. The Morgan fingerprint density at radius 1 is 1.14 bits per heavy atom. The van der Waals surface area contributed by atoms with E-state index >= 15 is 0 Å². The van der Waals surface area contributed by atoms with Crippen LogP contribution in [-0.2, 0) is 4.43 Å². The lowest BCUT2D eigenvalue weighted by atomic mass is 10.1. The fourth-order valence-corrected chi connectivity index (χ4v) is 9.20. The third-order valence-electron chi connectivity index (χ3n) is 4.55. The molecule has 3 heteroatoms. The highest BCUT2D eigenvalue weighted by Gasteiger charge is 2.47. The summed E-state index contributed by atoms with van der Waals surface area (Å²) in [6, 6.07) is 3.98. The molecule has 0 bridgehead atoms. The van der Waals surface area contributed by atoms with Gasteiger partial charge in [-0.15, -0.1) is 6.58 Å². The highest BCUT2D eigenvalue weighted by atomic mass is 28.4. The average Bonchev–Trinajstić information content (AvgIpc) is 2.91. The number of hydrogen-bond acceptors (Lipinski definition) is 2. The first kappa shape index (κ1) is 18.2. The topological polar surface area (TPSA) is 22.4 Å². The monoisotopic (exact) mass is 308 g/mol. The zero-order valence-electron chi connectivity index (χ0n) is 14.6. The summed E-state index contributed by atoms with van der Waals surface area (Å²) in [6.07, 6.45) is 5.64. The van der Waals surface area contributed by atoms with Crippen LogP contribution < -0.4 is 0 Å². The molecule has 1 aromatic heterocycles. The standard InChI is InChI=1S/C18H32O2Si/c1-8-9-11-18(17-12-10-13-19-17)20-21(14(2)3,15(4)5)16(6)7/h8,10,12-16,18H,1,9,11H2,2-7H3. The first-order valence-electron chi connectivity index (χ1n) is 8.18. The molecule has 0 amide bonds. The SMILES string of the molecule is C=CCCC(O[Si](C(C)C)(C(C)C)C(C)C)c1ccco1. The van der Waals surface area contributed by atoms with Gasteiger partial charge in [0.1, 0.15) is 11.9 Å². The van der Waals surface area contributed by atoms with Crippen molar-refractivity contribution in [2.24, 2.45) is 0 Å². The second-order valence-electron chi connectivity index (χ2n) is 6.81. The second-order valence-corrected chi connectivity index (χ2v) is 12.2. The van der Waals surface area contributed by atoms with Crippen LogP contribution in [-0.4, -0.2) is 8.32 Å². The molecule has 0 aliphatic rings. The number of allylic oxidation sites excluding steroid dienone is 1. The summed E-state index contributed by atoms with van der Waals surface area (Å²) in [5, 5.41) is 0. The van der Waals surface area contributed by atoms with Crippen molar-refractivity contribution in [1.29, 1.82) is 0 Å². The molecule has 1 aromatic rings. The van der Waals surface area contributed by atoms with Gasteiger partial charge in [-0.25, -0.2) is 0 Å². The lowest BCUT2D eigenvalue weighted by Gasteiger charge is -2.44. The molecule has 0 aromatic carbocycles. The van der Waals surface area contributed by atoms with Gasteiger partial charge in [0, 0.05) is 0 Å². The zero-order valence-corrected chi connectivity index (χ0v) is 15.6. The fourth-order valence-electron chi connectivity index (χ4n) is 3.66. The van der Waals surface area contributed by atoms with Crippen molar-refractivity contribution < 1.29 is 8.84 Å². The molecule has 2 nitrogen and oxygen atoms in total. The molecule has 1 atom stereocenters. The Bertz CT molecular complexity index is 385. The largest absolute Gasteiger partial charge is 0.467 e. The lowest BCUT2D eigenvalue weighted by Crippen LogP contribution is -2.48. The van der Waals surface area contributed by atoms with Gasteiger partial charge in [-0.1, -0.05) is 47.6 Å². The van der Waals surface area contributed by atoms with Gasteiger partial charge in [-0.2, -0.15) is 0 Å². The van der Waals surface area contributed by atoms with E-state index in [4.69, 9.17) is 8.84 Å². The molecule has 0 aliphatic heterocycles. The number of rotatable bonds is 9. The Morgan fingerprint density at radius 2 is 1.71 bits per heavy atom. The van der Waals surface area contributed by atoms with E-state index < -0.39 is 8.32 Å². The summed E-state index contributed by atoms with van der Waals surface area (Å²) in [4.78, 5) is 0. The van der Waals surface area contributed by atoms with Crippen LogP contribution in [0.3, 0.4) is 0 Å². The quantitative estimate of drug-likeness (QED) is 0.385. The molecule has 0 saturated carbocycles. The normalized spacial score (nSPS) is 14.1. The van der Waals surface area contributed by atoms with E-state index in [1.54, 1.807) is 6.26 Å². The molecule has 21 heavy (non-hydrogen) atoms. The van der Waals surface area contributed by atoms with Gasteiger partial charge in [0.2, 0.25) is 8.32 Å². The fraction of sp³-hybridized carbons (Fsp3) is 0.667. The van der Waals surface area contributed by atoms with Crippen LogP contribution in [0, 0.1) is 0 Å².